The first-order valence-corrected chi connectivity index (χ1v) is 15.9. The van der Waals surface area contributed by atoms with E-state index < -0.39 is 0 Å². The predicted molar refractivity (Wildman–Crippen MR) is 166 cm³/mol. The fraction of sp³-hybridized carbons (Fsp3) is 0.312. The smallest absolute Gasteiger partial charge is 0.250 e. The van der Waals surface area contributed by atoms with Gasteiger partial charge in [0, 0.05) is 93.7 Å². The van der Waals surface area contributed by atoms with E-state index in [-0.39, 0.29) is 5.56 Å². The molecule has 0 amide bonds. The van der Waals surface area contributed by atoms with E-state index in [9.17, 15) is 4.79 Å². The standard InChI is InChI=1S/C32H33N5O2S2/c38-31-19-25(37-13-15-39-16-14-37)18-27(35-31)26-4-1-5-29-32(26)41-28-7-6-24(17-30(28)40-29)34-23-8-11-36(12-9-23)21-22-3-2-10-33-20-22/h1-7,10,17-20,23,34H,8-9,11-16,21H2,(H,35,38). The van der Waals surface area contributed by atoms with E-state index in [1.165, 1.54) is 30.8 Å². The van der Waals surface area contributed by atoms with E-state index in [4.69, 9.17) is 4.74 Å². The summed E-state index contributed by atoms with van der Waals surface area (Å²) < 4.78 is 5.51. The lowest BCUT2D eigenvalue weighted by Gasteiger charge is -2.33. The third-order valence-electron chi connectivity index (χ3n) is 7.94. The van der Waals surface area contributed by atoms with Gasteiger partial charge in [0.1, 0.15) is 0 Å². The van der Waals surface area contributed by atoms with Crippen LogP contribution in [0.5, 0.6) is 0 Å². The predicted octanol–water partition coefficient (Wildman–Crippen LogP) is 5.97. The van der Waals surface area contributed by atoms with Crippen LogP contribution in [0.4, 0.5) is 11.4 Å². The van der Waals surface area contributed by atoms with E-state index >= 15 is 0 Å². The Hall–Kier alpha value is -3.24. The molecule has 0 aliphatic carbocycles. The van der Waals surface area contributed by atoms with Gasteiger partial charge in [0.15, 0.2) is 0 Å². The number of pyridine rings is 2. The largest absolute Gasteiger partial charge is 0.382 e. The Morgan fingerprint density at radius 3 is 2.63 bits per heavy atom. The number of H-pyrrole nitrogens is 1. The zero-order valence-electron chi connectivity index (χ0n) is 22.8. The molecule has 0 unspecified atom stereocenters. The molecule has 0 bridgehead atoms. The number of rotatable bonds is 6. The van der Waals surface area contributed by atoms with E-state index in [1.807, 2.05) is 30.2 Å². The van der Waals surface area contributed by atoms with Crippen molar-refractivity contribution in [1.82, 2.24) is 14.9 Å². The Morgan fingerprint density at radius 2 is 1.80 bits per heavy atom. The van der Waals surface area contributed by atoms with Gasteiger partial charge in [0.2, 0.25) is 5.56 Å². The van der Waals surface area contributed by atoms with Crippen molar-refractivity contribution in [3.05, 3.63) is 89.0 Å². The molecule has 2 N–H and O–H groups in total. The molecule has 0 spiro atoms. The van der Waals surface area contributed by atoms with E-state index in [2.05, 4.69) is 73.6 Å². The summed E-state index contributed by atoms with van der Waals surface area (Å²) in [5, 5.41) is 3.81. The Morgan fingerprint density at radius 1 is 0.927 bits per heavy atom. The van der Waals surface area contributed by atoms with Crippen LogP contribution < -0.4 is 15.8 Å². The quantitative estimate of drug-likeness (QED) is 0.254. The Bertz CT molecular complexity index is 1580. The van der Waals surface area contributed by atoms with Crippen LogP contribution in [0.25, 0.3) is 11.3 Å². The fourth-order valence-electron chi connectivity index (χ4n) is 5.80. The molecule has 0 atom stereocenters. The molecule has 7 rings (SSSR count). The van der Waals surface area contributed by atoms with Crippen molar-refractivity contribution in [2.45, 2.75) is 45.0 Å². The minimum Gasteiger partial charge on any atom is -0.382 e. The van der Waals surface area contributed by atoms with Crippen LogP contribution in [0.1, 0.15) is 18.4 Å². The molecule has 2 aromatic heterocycles. The van der Waals surface area contributed by atoms with Crippen molar-refractivity contribution in [2.24, 2.45) is 0 Å². The zero-order valence-corrected chi connectivity index (χ0v) is 24.5. The number of aromatic amines is 1. The van der Waals surface area contributed by atoms with Crippen molar-refractivity contribution >= 4 is 34.9 Å². The summed E-state index contributed by atoms with van der Waals surface area (Å²) in [5.41, 5.74) is 5.28. The number of fused-ring (bicyclic) bond motifs is 2. The van der Waals surface area contributed by atoms with Crippen LogP contribution in [0.2, 0.25) is 0 Å². The van der Waals surface area contributed by atoms with Gasteiger partial charge in [0.25, 0.3) is 0 Å². The number of likely N-dealkylation sites (tertiary alicyclic amines) is 1. The third-order valence-corrected chi connectivity index (χ3v) is 10.5. The molecule has 0 radical (unpaired) electrons. The monoisotopic (exact) mass is 583 g/mol. The van der Waals surface area contributed by atoms with E-state index in [0.29, 0.717) is 19.3 Å². The van der Waals surface area contributed by atoms with Crippen molar-refractivity contribution < 1.29 is 4.74 Å². The van der Waals surface area contributed by atoms with Gasteiger partial charge in [-0.3, -0.25) is 14.7 Å². The second-order valence-electron chi connectivity index (χ2n) is 10.8. The highest BCUT2D eigenvalue weighted by molar-refractivity contribution is 8.05. The van der Waals surface area contributed by atoms with Crippen LogP contribution in [0.15, 0.2) is 97.4 Å². The molecule has 2 aromatic carbocycles. The number of nitrogens with one attached hydrogen (secondary N) is 2. The lowest BCUT2D eigenvalue weighted by molar-refractivity contribution is 0.122. The van der Waals surface area contributed by atoms with Crippen molar-refractivity contribution in [3.63, 3.8) is 0 Å². The fourth-order valence-corrected chi connectivity index (χ4v) is 8.22. The highest BCUT2D eigenvalue weighted by Gasteiger charge is 2.24. The molecule has 7 nitrogen and oxygen atoms in total. The molecule has 3 aliphatic heterocycles. The second-order valence-corrected chi connectivity index (χ2v) is 12.9. The molecular formula is C32H33N5O2S2. The minimum absolute atomic E-state index is 0.0749. The second kappa shape index (κ2) is 11.9. The highest BCUT2D eigenvalue weighted by Crippen LogP contribution is 2.52. The van der Waals surface area contributed by atoms with Crippen molar-refractivity contribution in [2.75, 3.05) is 49.6 Å². The maximum absolute atomic E-state index is 12.7. The summed E-state index contributed by atoms with van der Waals surface area (Å²) in [5.74, 6) is 0. The van der Waals surface area contributed by atoms with Gasteiger partial charge in [-0.05, 0) is 54.8 Å². The van der Waals surface area contributed by atoms with Gasteiger partial charge in [0.05, 0.1) is 18.9 Å². The van der Waals surface area contributed by atoms with Gasteiger partial charge >= 0.3 is 0 Å². The number of nitrogens with zero attached hydrogens (tertiary/aromatic N) is 3. The average molecular weight is 584 g/mol. The number of aromatic nitrogens is 2. The number of benzene rings is 2. The molecule has 9 heteroatoms. The summed E-state index contributed by atoms with van der Waals surface area (Å²) in [6, 6.07) is 21.6. The number of piperidine rings is 1. The van der Waals surface area contributed by atoms with Crippen molar-refractivity contribution in [3.8, 4) is 11.3 Å². The maximum atomic E-state index is 12.7. The van der Waals surface area contributed by atoms with Crippen LogP contribution in [-0.4, -0.2) is 60.3 Å². The number of hydrogen-bond acceptors (Lipinski definition) is 8. The summed E-state index contributed by atoms with van der Waals surface area (Å²) in [6.07, 6.45) is 6.07. The summed E-state index contributed by atoms with van der Waals surface area (Å²) >= 11 is 3.60. The number of anilines is 2. The Labute approximate surface area is 248 Å². The normalized spacial score (nSPS) is 17.6. The van der Waals surface area contributed by atoms with Gasteiger partial charge < -0.3 is 19.9 Å². The lowest BCUT2D eigenvalue weighted by atomic mass is 10.0. The number of morpholine rings is 1. The molecule has 2 fully saturated rings. The average Bonchev–Trinajstić information content (AvgIpc) is 3.01. The lowest BCUT2D eigenvalue weighted by Crippen LogP contribution is -2.38. The van der Waals surface area contributed by atoms with Crippen LogP contribution >= 0.6 is 23.5 Å². The van der Waals surface area contributed by atoms with Gasteiger partial charge in [-0.2, -0.15) is 0 Å². The molecule has 210 valence electrons. The third kappa shape index (κ3) is 6.04. The first-order valence-electron chi connectivity index (χ1n) is 14.3. The molecule has 5 heterocycles. The summed E-state index contributed by atoms with van der Waals surface area (Å²) in [6.45, 7) is 6.13. The number of hydrogen-bond donors (Lipinski definition) is 2. The molecular weight excluding hydrogens is 551 g/mol. The van der Waals surface area contributed by atoms with Crippen LogP contribution in [0, 0.1) is 0 Å². The molecule has 3 aliphatic rings. The van der Waals surface area contributed by atoms with E-state index in [0.717, 1.165) is 62.5 Å². The van der Waals surface area contributed by atoms with Gasteiger partial charge in [-0.25, -0.2) is 0 Å². The molecule has 41 heavy (non-hydrogen) atoms. The zero-order chi connectivity index (χ0) is 27.6. The minimum atomic E-state index is -0.0749. The first kappa shape index (κ1) is 26.6. The maximum Gasteiger partial charge on any atom is 0.250 e. The summed E-state index contributed by atoms with van der Waals surface area (Å²) in [4.78, 5) is 29.7. The van der Waals surface area contributed by atoms with Gasteiger partial charge in [-0.1, -0.05) is 41.7 Å². The Balaban J connectivity index is 1.05. The van der Waals surface area contributed by atoms with Crippen molar-refractivity contribution in [1.29, 1.82) is 0 Å². The highest BCUT2D eigenvalue weighted by atomic mass is 32.2. The van der Waals surface area contributed by atoms with Gasteiger partial charge in [-0.15, -0.1) is 0 Å². The van der Waals surface area contributed by atoms with E-state index in [1.54, 1.807) is 17.8 Å². The molecule has 2 saturated heterocycles. The first-order chi connectivity index (χ1) is 20.2. The Kier molecular flexibility index (Phi) is 7.76. The van der Waals surface area contributed by atoms with Crippen LogP contribution in [-0.2, 0) is 11.3 Å². The number of ether oxygens (including phenoxy) is 1. The molecule has 4 aromatic rings. The molecule has 0 saturated carbocycles. The van der Waals surface area contributed by atoms with Crippen LogP contribution in [0.3, 0.4) is 0 Å². The summed E-state index contributed by atoms with van der Waals surface area (Å²) in [7, 11) is 0. The topological polar surface area (TPSA) is 73.5 Å². The SMILES string of the molecule is O=c1cc(N2CCOCC2)cc(-c2cccc3c2Sc2ccc(NC4CCN(Cc5cccnc5)CC4)cc2S3)[nH]1.